The molecule has 0 radical (unpaired) electrons. The third-order valence-electron chi connectivity index (χ3n) is 8.92. The van der Waals surface area contributed by atoms with Crippen molar-refractivity contribution in [2.45, 2.75) is 19.3 Å². The molecule has 8 rings (SSSR count). The van der Waals surface area contributed by atoms with E-state index in [-0.39, 0.29) is 5.41 Å². The molecule has 0 N–H and O–H groups in total. The lowest BCUT2D eigenvalue weighted by Gasteiger charge is -2.42. The van der Waals surface area contributed by atoms with Gasteiger partial charge in [0.1, 0.15) is 11.5 Å². The smallest absolute Gasteiger partial charge is 0.178 e. The molecule has 0 spiro atoms. The fraction of sp³-hybridized carbons (Fsp3) is 0.0769. The first-order chi connectivity index (χ1) is 21.0. The SMILES string of the molecule is CC1(C)c2ccccc2N(c2ccccc2)c2ccc(-c3ccc4c(c3)P(=O)(c3ccccc3)c3ccccc3O4)cc21. The van der Waals surface area contributed by atoms with E-state index >= 15 is 4.57 Å². The Kier molecular flexibility index (Phi) is 5.76. The van der Waals surface area contributed by atoms with E-state index in [0.29, 0.717) is 11.5 Å². The molecule has 2 aliphatic rings. The van der Waals surface area contributed by atoms with Crippen LogP contribution in [0, 0.1) is 0 Å². The zero-order valence-corrected chi connectivity index (χ0v) is 25.0. The van der Waals surface area contributed by atoms with Gasteiger partial charge in [-0.05, 0) is 76.9 Å². The van der Waals surface area contributed by atoms with Crippen molar-refractivity contribution in [1.82, 2.24) is 0 Å². The zero-order chi connectivity index (χ0) is 29.2. The van der Waals surface area contributed by atoms with Gasteiger partial charge in [-0.15, -0.1) is 0 Å². The minimum atomic E-state index is -3.17. The summed E-state index contributed by atoms with van der Waals surface area (Å²) in [5, 5.41) is 2.29. The van der Waals surface area contributed by atoms with Gasteiger partial charge in [0.2, 0.25) is 0 Å². The number of rotatable bonds is 3. The first-order valence-corrected chi connectivity index (χ1v) is 16.3. The molecule has 6 aromatic rings. The van der Waals surface area contributed by atoms with Crippen LogP contribution in [0.2, 0.25) is 0 Å². The lowest BCUT2D eigenvalue weighted by molar-refractivity contribution is 0.485. The van der Waals surface area contributed by atoms with Gasteiger partial charge in [-0.2, -0.15) is 0 Å². The molecule has 1 unspecified atom stereocenters. The maximum absolute atomic E-state index is 15.2. The van der Waals surface area contributed by atoms with Gasteiger partial charge < -0.3 is 14.2 Å². The molecule has 0 aliphatic carbocycles. The fourth-order valence-electron chi connectivity index (χ4n) is 6.74. The van der Waals surface area contributed by atoms with Gasteiger partial charge in [0.05, 0.1) is 22.0 Å². The average molecular weight is 576 g/mol. The standard InChI is InChI=1S/C39H30NO2P/c1-39(2)31-17-9-10-18-33(31)40(29-13-5-3-6-14-29)34-23-21-27(25-32(34)39)28-22-24-36-38(26-28)43(41,30-15-7-4-8-16-30)37-20-12-11-19-35(37)42-36/h3-26H,1-2H3. The van der Waals surface area contributed by atoms with Crippen molar-refractivity contribution >= 4 is 40.1 Å². The van der Waals surface area contributed by atoms with Crippen LogP contribution in [0.25, 0.3) is 11.1 Å². The van der Waals surface area contributed by atoms with Crippen molar-refractivity contribution < 1.29 is 9.30 Å². The molecule has 1 atom stereocenters. The Morgan fingerprint density at radius 2 is 1.16 bits per heavy atom. The Hall–Kier alpha value is -4.85. The monoisotopic (exact) mass is 575 g/mol. The Balaban J connectivity index is 1.31. The number of anilines is 3. The first kappa shape index (κ1) is 25.8. The topological polar surface area (TPSA) is 29.5 Å². The van der Waals surface area contributed by atoms with Crippen LogP contribution < -0.4 is 25.6 Å². The second-order valence-electron chi connectivity index (χ2n) is 11.7. The van der Waals surface area contributed by atoms with Gasteiger partial charge in [-0.1, -0.05) is 105 Å². The minimum absolute atomic E-state index is 0.219. The van der Waals surface area contributed by atoms with Gasteiger partial charge in [0.25, 0.3) is 0 Å². The van der Waals surface area contributed by atoms with Crippen LogP contribution >= 0.6 is 7.14 Å². The fourth-order valence-corrected chi connectivity index (χ4v) is 9.62. The highest BCUT2D eigenvalue weighted by Crippen LogP contribution is 2.54. The normalized spacial score (nSPS) is 17.6. The lowest BCUT2D eigenvalue weighted by Crippen LogP contribution is -2.31. The van der Waals surface area contributed by atoms with Crippen LogP contribution in [0.3, 0.4) is 0 Å². The molecule has 2 aliphatic heterocycles. The van der Waals surface area contributed by atoms with Gasteiger partial charge in [0.15, 0.2) is 7.14 Å². The van der Waals surface area contributed by atoms with Crippen LogP contribution in [0.1, 0.15) is 25.0 Å². The summed E-state index contributed by atoms with van der Waals surface area (Å²) in [4.78, 5) is 2.36. The van der Waals surface area contributed by atoms with E-state index in [2.05, 4.69) is 104 Å². The first-order valence-electron chi connectivity index (χ1n) is 14.6. The van der Waals surface area contributed by atoms with Gasteiger partial charge in [-0.25, -0.2) is 0 Å². The van der Waals surface area contributed by atoms with E-state index in [1.807, 2.05) is 60.7 Å². The molecule has 0 saturated carbocycles. The molecule has 43 heavy (non-hydrogen) atoms. The van der Waals surface area contributed by atoms with Gasteiger partial charge in [-0.3, -0.25) is 0 Å². The van der Waals surface area contributed by atoms with E-state index in [0.717, 1.165) is 32.7 Å². The Labute approximate surface area is 252 Å². The number of hydrogen-bond donors (Lipinski definition) is 0. The van der Waals surface area contributed by atoms with E-state index in [1.165, 1.54) is 22.5 Å². The van der Waals surface area contributed by atoms with Crippen molar-refractivity contribution in [2.75, 3.05) is 4.90 Å². The summed E-state index contributed by atoms with van der Waals surface area (Å²) in [6, 6.07) is 49.7. The van der Waals surface area contributed by atoms with E-state index in [9.17, 15) is 0 Å². The molecule has 208 valence electrons. The average Bonchev–Trinajstić information content (AvgIpc) is 3.06. The predicted octanol–water partition coefficient (Wildman–Crippen LogP) is 9.21. The second-order valence-corrected chi connectivity index (χ2v) is 14.4. The van der Waals surface area contributed by atoms with Crippen LogP contribution in [0.4, 0.5) is 17.1 Å². The van der Waals surface area contributed by atoms with E-state index in [1.54, 1.807) is 0 Å². The van der Waals surface area contributed by atoms with Crippen molar-refractivity contribution in [1.29, 1.82) is 0 Å². The Morgan fingerprint density at radius 3 is 1.98 bits per heavy atom. The molecule has 0 fully saturated rings. The molecule has 4 heteroatoms. The maximum atomic E-state index is 15.2. The summed E-state index contributed by atoms with van der Waals surface area (Å²) < 4.78 is 21.6. The van der Waals surface area contributed by atoms with Crippen molar-refractivity contribution in [3.63, 3.8) is 0 Å². The highest BCUT2D eigenvalue weighted by atomic mass is 31.2. The third kappa shape index (κ3) is 3.85. The summed E-state index contributed by atoms with van der Waals surface area (Å²) >= 11 is 0. The largest absolute Gasteiger partial charge is 0.456 e. The van der Waals surface area contributed by atoms with Crippen molar-refractivity contribution in [3.8, 4) is 22.6 Å². The lowest BCUT2D eigenvalue weighted by atomic mass is 9.73. The molecule has 0 aromatic heterocycles. The summed E-state index contributed by atoms with van der Waals surface area (Å²) in [6.45, 7) is 4.61. The number of benzene rings is 6. The summed E-state index contributed by atoms with van der Waals surface area (Å²) in [5.74, 6) is 1.31. The molecular weight excluding hydrogens is 545 g/mol. The number of fused-ring (bicyclic) bond motifs is 4. The van der Waals surface area contributed by atoms with Crippen LogP contribution in [-0.4, -0.2) is 0 Å². The van der Waals surface area contributed by atoms with Crippen LogP contribution in [0.5, 0.6) is 11.5 Å². The molecule has 0 amide bonds. The minimum Gasteiger partial charge on any atom is -0.456 e. The number of ether oxygens (including phenoxy) is 1. The van der Waals surface area contributed by atoms with E-state index in [4.69, 9.17) is 4.74 Å². The van der Waals surface area contributed by atoms with Crippen molar-refractivity contribution in [2.24, 2.45) is 0 Å². The Morgan fingerprint density at radius 1 is 0.558 bits per heavy atom. The van der Waals surface area contributed by atoms with Crippen LogP contribution in [0.15, 0.2) is 146 Å². The molecule has 3 nitrogen and oxygen atoms in total. The van der Waals surface area contributed by atoms with Crippen LogP contribution in [-0.2, 0) is 9.98 Å². The Bertz CT molecular complexity index is 2070. The maximum Gasteiger partial charge on any atom is 0.178 e. The van der Waals surface area contributed by atoms with Crippen molar-refractivity contribution in [3.05, 3.63) is 157 Å². The highest BCUT2D eigenvalue weighted by molar-refractivity contribution is 7.85. The second kappa shape index (κ2) is 9.59. The summed E-state index contributed by atoms with van der Waals surface area (Å²) in [5.41, 5.74) is 7.92. The summed E-state index contributed by atoms with van der Waals surface area (Å²) in [7, 11) is -3.17. The summed E-state index contributed by atoms with van der Waals surface area (Å²) in [6.07, 6.45) is 0. The molecule has 0 saturated heterocycles. The number of para-hydroxylation sites is 3. The number of hydrogen-bond acceptors (Lipinski definition) is 3. The molecule has 2 heterocycles. The zero-order valence-electron chi connectivity index (χ0n) is 24.1. The van der Waals surface area contributed by atoms with Gasteiger partial charge in [0, 0.05) is 16.4 Å². The number of nitrogens with zero attached hydrogens (tertiary/aromatic N) is 1. The molecular formula is C39H30NO2P. The highest BCUT2D eigenvalue weighted by Gasteiger charge is 2.40. The quantitative estimate of drug-likeness (QED) is 0.197. The third-order valence-corrected chi connectivity index (χ3v) is 12.0. The van der Waals surface area contributed by atoms with E-state index < -0.39 is 7.14 Å². The molecule has 0 bridgehead atoms. The predicted molar refractivity (Wildman–Crippen MR) is 178 cm³/mol. The molecule has 6 aromatic carbocycles. The van der Waals surface area contributed by atoms with Gasteiger partial charge >= 0.3 is 0 Å².